The van der Waals surface area contributed by atoms with Gasteiger partial charge in [-0.1, -0.05) is 176 Å². The Morgan fingerprint density at radius 2 is 0.817 bits per heavy atom. The highest BCUT2D eigenvalue weighted by atomic mass is 32.1. The van der Waals surface area contributed by atoms with Crippen molar-refractivity contribution in [2.24, 2.45) is 0 Å². The van der Waals surface area contributed by atoms with Gasteiger partial charge in [-0.25, -0.2) is 19.9 Å². The Kier molecular flexibility index (Phi) is 8.73. The molecule has 0 aliphatic carbocycles. The Morgan fingerprint density at radius 3 is 1.54 bits per heavy atom. The van der Waals surface area contributed by atoms with Crippen molar-refractivity contribution in [2.75, 3.05) is 0 Å². The van der Waals surface area contributed by atoms with Gasteiger partial charge in [0.25, 0.3) is 0 Å². The van der Waals surface area contributed by atoms with E-state index in [0.717, 1.165) is 119 Å². The van der Waals surface area contributed by atoms with Crippen molar-refractivity contribution < 1.29 is 0 Å². The van der Waals surface area contributed by atoms with Crippen molar-refractivity contribution >= 4 is 97.6 Å². The van der Waals surface area contributed by atoms with Gasteiger partial charge in [-0.3, -0.25) is 9.13 Å². The molecule has 0 radical (unpaired) electrons. The monoisotopic (exact) mass is 922 g/mol. The highest BCUT2D eigenvalue weighted by Gasteiger charge is 2.22. The molecule has 15 rings (SSSR count). The summed E-state index contributed by atoms with van der Waals surface area (Å²) >= 11 is 1.75. The van der Waals surface area contributed by atoms with E-state index < -0.39 is 0 Å². The molecule has 0 atom stereocenters. The zero-order valence-corrected chi connectivity index (χ0v) is 38.8. The zero-order valence-electron chi connectivity index (χ0n) is 38.0. The fraction of sp³-hybridized carbons (Fsp3) is 0. The van der Waals surface area contributed by atoms with Crippen molar-refractivity contribution in [1.82, 2.24) is 29.1 Å². The predicted molar refractivity (Wildman–Crippen MR) is 296 cm³/mol. The van der Waals surface area contributed by atoms with Crippen LogP contribution in [0.15, 0.2) is 231 Å². The average molecular weight is 923 g/mol. The van der Waals surface area contributed by atoms with Crippen LogP contribution in [0.1, 0.15) is 0 Å². The summed E-state index contributed by atoms with van der Waals surface area (Å²) in [5.41, 5.74) is 13.4. The molecule has 0 N–H and O–H groups in total. The number of nitrogens with zero attached hydrogens (tertiary/aromatic N) is 6. The van der Waals surface area contributed by atoms with Gasteiger partial charge in [-0.15, -0.1) is 11.3 Å². The second kappa shape index (κ2) is 15.6. The number of benzene rings is 10. The van der Waals surface area contributed by atoms with Crippen LogP contribution in [0.25, 0.3) is 142 Å². The Hall–Kier alpha value is -9.30. The van der Waals surface area contributed by atoms with E-state index >= 15 is 0 Å². The summed E-state index contributed by atoms with van der Waals surface area (Å²) < 4.78 is 5.57. The molecule has 0 spiro atoms. The van der Waals surface area contributed by atoms with Gasteiger partial charge in [0.1, 0.15) is 0 Å². The molecule has 0 saturated carbocycles. The maximum atomic E-state index is 5.48. The highest BCUT2D eigenvalue weighted by molar-refractivity contribution is 7.22. The standard InChI is InChI=1S/C64H38N6S/c1-4-17-40(18-5-1)58-38-53-62(71-58)60(42-21-8-3-9-22-42)67-63(65-53)70-56-33-30-46(36-51(56)52-34-43-23-10-11-24-44(43)37-57(52)70)45-29-32-55-50(35-45)48-26-14-15-27-54(48)69(55)64-66-59(41-19-6-2-7-20-41)49-31-28-39-16-12-13-25-47(39)61(49)68-64/h1-38H. The van der Waals surface area contributed by atoms with E-state index in [9.17, 15) is 0 Å². The Morgan fingerprint density at radius 1 is 0.296 bits per heavy atom. The third-order valence-corrected chi connectivity index (χ3v) is 15.3. The molecule has 6 nitrogen and oxygen atoms in total. The van der Waals surface area contributed by atoms with E-state index in [0.29, 0.717) is 11.9 Å². The molecule has 0 aliphatic rings. The van der Waals surface area contributed by atoms with Crippen molar-refractivity contribution in [3.05, 3.63) is 231 Å². The van der Waals surface area contributed by atoms with Crippen LogP contribution in [0.5, 0.6) is 0 Å². The lowest BCUT2D eigenvalue weighted by molar-refractivity contribution is 1.01. The molecule has 5 aromatic heterocycles. The van der Waals surface area contributed by atoms with E-state index in [2.05, 4.69) is 234 Å². The lowest BCUT2D eigenvalue weighted by Crippen LogP contribution is -2.03. The van der Waals surface area contributed by atoms with E-state index in [1.807, 2.05) is 6.07 Å². The number of fused-ring (bicyclic) bond motifs is 11. The van der Waals surface area contributed by atoms with Crippen molar-refractivity contribution in [2.45, 2.75) is 0 Å². The van der Waals surface area contributed by atoms with E-state index in [4.69, 9.17) is 19.9 Å². The minimum absolute atomic E-state index is 0.641. The van der Waals surface area contributed by atoms with Gasteiger partial charge in [0.05, 0.1) is 49.2 Å². The molecule has 0 aliphatic heterocycles. The van der Waals surface area contributed by atoms with Gasteiger partial charge in [0.15, 0.2) is 0 Å². The number of thiophene rings is 1. The maximum absolute atomic E-state index is 5.48. The fourth-order valence-corrected chi connectivity index (χ4v) is 11.9. The van der Waals surface area contributed by atoms with Crippen LogP contribution in [0, 0.1) is 0 Å². The van der Waals surface area contributed by atoms with Gasteiger partial charge < -0.3 is 0 Å². The maximum Gasteiger partial charge on any atom is 0.235 e. The summed E-state index contributed by atoms with van der Waals surface area (Å²) in [5, 5.41) is 10.2. The first kappa shape index (κ1) is 39.7. The SMILES string of the molecule is c1ccc(-c2cc3nc(-n4c5ccc(-c6ccc7c(c6)c6ccccc6n7-c6nc(-c7ccccc7)c7ccc8ccccc8c7n6)cc5c5cc6ccccc6cc54)nc(-c4ccccc4)c3s2)cc1. The molecule has 330 valence electrons. The van der Waals surface area contributed by atoms with E-state index in [1.165, 1.54) is 10.9 Å². The van der Waals surface area contributed by atoms with Crippen LogP contribution in [0.4, 0.5) is 0 Å². The molecule has 71 heavy (non-hydrogen) atoms. The second-order valence-corrected chi connectivity index (χ2v) is 19.3. The number of rotatable bonds is 6. The quantitative estimate of drug-likeness (QED) is 0.156. The first-order valence-corrected chi connectivity index (χ1v) is 24.7. The largest absolute Gasteiger partial charge is 0.278 e. The van der Waals surface area contributed by atoms with E-state index in [1.54, 1.807) is 11.3 Å². The van der Waals surface area contributed by atoms with Crippen LogP contribution in [0.2, 0.25) is 0 Å². The Labute approximate surface area is 411 Å². The molecular weight excluding hydrogens is 885 g/mol. The molecular formula is C64H38N6S. The summed E-state index contributed by atoms with van der Waals surface area (Å²) in [7, 11) is 0. The van der Waals surface area contributed by atoms with Crippen molar-refractivity contribution in [3.8, 4) is 56.0 Å². The van der Waals surface area contributed by atoms with Crippen LogP contribution in [0.3, 0.4) is 0 Å². The predicted octanol–water partition coefficient (Wildman–Crippen LogP) is 16.8. The van der Waals surface area contributed by atoms with Crippen molar-refractivity contribution in [3.63, 3.8) is 0 Å². The van der Waals surface area contributed by atoms with Gasteiger partial charge in [-0.05, 0) is 87.4 Å². The third kappa shape index (κ3) is 6.27. The van der Waals surface area contributed by atoms with Crippen LogP contribution in [-0.4, -0.2) is 29.1 Å². The number of hydrogen-bond donors (Lipinski definition) is 0. The molecule has 15 aromatic rings. The molecule has 5 heterocycles. The van der Waals surface area contributed by atoms with Gasteiger partial charge >= 0.3 is 0 Å². The van der Waals surface area contributed by atoms with Gasteiger partial charge in [-0.2, -0.15) is 0 Å². The van der Waals surface area contributed by atoms with Crippen LogP contribution in [-0.2, 0) is 0 Å². The first-order chi connectivity index (χ1) is 35.2. The second-order valence-electron chi connectivity index (χ2n) is 18.2. The molecule has 7 heteroatoms. The zero-order chi connectivity index (χ0) is 46.6. The minimum atomic E-state index is 0.641. The first-order valence-electron chi connectivity index (χ1n) is 23.9. The van der Waals surface area contributed by atoms with Crippen molar-refractivity contribution in [1.29, 1.82) is 0 Å². The fourth-order valence-electron chi connectivity index (χ4n) is 10.8. The van der Waals surface area contributed by atoms with Crippen LogP contribution >= 0.6 is 11.3 Å². The smallest absolute Gasteiger partial charge is 0.235 e. The summed E-state index contributed by atoms with van der Waals surface area (Å²) in [6.45, 7) is 0. The summed E-state index contributed by atoms with van der Waals surface area (Å²) in [6, 6.07) is 82.1. The number of hydrogen-bond acceptors (Lipinski definition) is 5. The highest BCUT2D eigenvalue weighted by Crippen LogP contribution is 2.43. The molecule has 10 aromatic carbocycles. The van der Waals surface area contributed by atoms with Gasteiger partial charge in [0.2, 0.25) is 11.9 Å². The summed E-state index contributed by atoms with van der Waals surface area (Å²) in [4.78, 5) is 22.9. The van der Waals surface area contributed by atoms with E-state index in [-0.39, 0.29) is 0 Å². The molecule has 0 amide bonds. The summed E-state index contributed by atoms with van der Waals surface area (Å²) in [5.74, 6) is 1.29. The normalized spacial score (nSPS) is 11.9. The molecule has 0 unspecified atom stereocenters. The lowest BCUT2D eigenvalue weighted by Gasteiger charge is -2.13. The minimum Gasteiger partial charge on any atom is -0.278 e. The lowest BCUT2D eigenvalue weighted by atomic mass is 10.00. The molecule has 0 bridgehead atoms. The summed E-state index contributed by atoms with van der Waals surface area (Å²) in [6.07, 6.45) is 0. The Bertz CT molecular complexity index is 4630. The van der Waals surface area contributed by atoms with Crippen LogP contribution < -0.4 is 0 Å². The van der Waals surface area contributed by atoms with Gasteiger partial charge in [0, 0.05) is 48.3 Å². The topological polar surface area (TPSA) is 61.4 Å². The average Bonchev–Trinajstić information content (AvgIpc) is 4.12. The third-order valence-electron chi connectivity index (χ3n) is 14.1. The molecule has 0 fully saturated rings. The molecule has 0 saturated heterocycles. The number of para-hydroxylation sites is 1. The Balaban J connectivity index is 0.935. The number of aromatic nitrogens is 6.